The van der Waals surface area contributed by atoms with Crippen molar-refractivity contribution in [2.24, 2.45) is 0 Å². The molecule has 12 heteroatoms. The summed E-state index contributed by atoms with van der Waals surface area (Å²) in [6.45, 7) is 0. The topological polar surface area (TPSA) is 46.9 Å². The third kappa shape index (κ3) is 4.10. The first-order valence-corrected chi connectivity index (χ1v) is 7.07. The lowest BCUT2D eigenvalue weighted by molar-refractivity contribution is -0.141. The number of anilines is 1. The van der Waals surface area contributed by atoms with Gasteiger partial charge in [0.2, 0.25) is 0 Å². The van der Waals surface area contributed by atoms with Crippen LogP contribution in [-0.4, -0.2) is 15.0 Å². The van der Waals surface area contributed by atoms with Gasteiger partial charge in [-0.1, -0.05) is 23.8 Å². The fraction of sp³-hybridized carbons (Fsp3) is 0.154. The third-order valence-corrected chi connectivity index (χ3v) is 3.35. The van der Waals surface area contributed by atoms with E-state index in [9.17, 15) is 31.1 Å². The van der Waals surface area contributed by atoms with Crippen LogP contribution in [0, 0.1) is 0 Å². The molecule has 0 aliphatic carbocycles. The molecule has 0 saturated carbocycles. The number of aromatic nitrogens is 2. The summed E-state index contributed by atoms with van der Waals surface area (Å²) >= 11 is 10.3. The molecule has 4 nitrogen and oxygen atoms in total. The van der Waals surface area contributed by atoms with Gasteiger partial charge in [0.25, 0.3) is 5.56 Å². The molecule has 1 aromatic heterocycles. The third-order valence-electron chi connectivity index (χ3n) is 2.95. The molecule has 1 aromatic carbocycles. The molecule has 0 aliphatic rings. The molecule has 0 spiro atoms. The molecule has 0 fully saturated rings. The van der Waals surface area contributed by atoms with Gasteiger partial charge < -0.3 is 5.32 Å². The monoisotopic (exact) mass is 401 g/mol. The van der Waals surface area contributed by atoms with Gasteiger partial charge in [0.15, 0.2) is 5.69 Å². The van der Waals surface area contributed by atoms with Crippen molar-refractivity contribution in [3.63, 3.8) is 0 Å². The Bertz CT molecular complexity index is 878. The van der Waals surface area contributed by atoms with E-state index in [1.54, 1.807) is 0 Å². The molecular formula is C13H6ClF6N3OS. The summed E-state index contributed by atoms with van der Waals surface area (Å²) in [5, 5.41) is 1.77. The Morgan fingerprint density at radius 3 is 2.24 bits per heavy atom. The van der Waals surface area contributed by atoms with E-state index in [1.807, 2.05) is 0 Å². The fourth-order valence-corrected chi connectivity index (χ4v) is 2.34. The second-order valence-corrected chi connectivity index (χ2v) is 5.24. The zero-order chi connectivity index (χ0) is 19.0. The minimum atomic E-state index is -4.85. The van der Waals surface area contributed by atoms with Gasteiger partial charge in [0, 0.05) is 6.07 Å². The first-order valence-electron chi connectivity index (χ1n) is 6.22. The minimum absolute atomic E-state index is 0.204. The van der Waals surface area contributed by atoms with Crippen LogP contribution in [0.4, 0.5) is 32.0 Å². The van der Waals surface area contributed by atoms with Gasteiger partial charge in [-0.25, -0.2) is 4.98 Å². The van der Waals surface area contributed by atoms with Gasteiger partial charge in [0.05, 0.1) is 27.5 Å². The van der Waals surface area contributed by atoms with Crippen molar-refractivity contribution in [1.82, 2.24) is 9.55 Å². The molecule has 0 saturated heterocycles. The van der Waals surface area contributed by atoms with Crippen molar-refractivity contribution >= 4 is 35.0 Å². The van der Waals surface area contributed by atoms with E-state index < -0.39 is 34.2 Å². The van der Waals surface area contributed by atoms with Gasteiger partial charge in [-0.3, -0.25) is 9.36 Å². The molecule has 1 N–H and O–H groups in total. The van der Waals surface area contributed by atoms with E-state index in [4.69, 9.17) is 11.6 Å². The van der Waals surface area contributed by atoms with Gasteiger partial charge >= 0.3 is 12.4 Å². The highest BCUT2D eigenvalue weighted by Crippen LogP contribution is 2.37. The van der Waals surface area contributed by atoms with Gasteiger partial charge in [0.1, 0.15) is 6.33 Å². The molecule has 25 heavy (non-hydrogen) atoms. The average Bonchev–Trinajstić information content (AvgIpc) is 2.46. The Labute approximate surface area is 146 Å². The van der Waals surface area contributed by atoms with Crippen LogP contribution in [0.2, 0.25) is 5.02 Å². The molecular weight excluding hydrogens is 396 g/mol. The summed E-state index contributed by atoms with van der Waals surface area (Å²) in [5.74, 6) is 0. The summed E-state index contributed by atoms with van der Waals surface area (Å²) in [4.78, 5) is 15.0. The molecule has 0 bridgehead atoms. The van der Waals surface area contributed by atoms with Crippen LogP contribution in [0.15, 0.2) is 29.3 Å². The van der Waals surface area contributed by atoms with E-state index >= 15 is 0 Å². The highest BCUT2D eigenvalue weighted by molar-refractivity contribution is 7.79. The van der Waals surface area contributed by atoms with Crippen LogP contribution in [0.5, 0.6) is 0 Å². The number of nitrogens with one attached hydrogen (secondary N) is 1. The van der Waals surface area contributed by atoms with Crippen molar-refractivity contribution in [3.05, 3.63) is 51.2 Å². The summed E-state index contributed by atoms with van der Waals surface area (Å²) in [6.07, 6.45) is -9.06. The Morgan fingerprint density at radius 2 is 1.76 bits per heavy atom. The first kappa shape index (κ1) is 19.2. The number of halogens is 7. The van der Waals surface area contributed by atoms with Crippen molar-refractivity contribution in [3.8, 4) is 5.69 Å². The zero-order valence-corrected chi connectivity index (χ0v) is 13.3. The highest BCUT2D eigenvalue weighted by Gasteiger charge is 2.34. The van der Waals surface area contributed by atoms with Gasteiger partial charge in [-0.05, 0) is 12.1 Å². The lowest BCUT2D eigenvalue weighted by Gasteiger charge is -2.17. The Balaban J connectivity index is 2.71. The van der Waals surface area contributed by atoms with Crippen molar-refractivity contribution in [2.45, 2.75) is 12.4 Å². The molecule has 0 atom stereocenters. The minimum Gasteiger partial charge on any atom is -0.351 e. The molecule has 0 radical (unpaired) electrons. The maximum Gasteiger partial charge on any atom is 0.433 e. The van der Waals surface area contributed by atoms with Gasteiger partial charge in [-0.2, -0.15) is 26.3 Å². The maximum absolute atomic E-state index is 12.9. The number of hydrogen-bond donors (Lipinski definition) is 1. The maximum atomic E-state index is 12.9. The Hall–Kier alpha value is -2.14. The number of benzene rings is 1. The smallest absolute Gasteiger partial charge is 0.351 e. The zero-order valence-electron chi connectivity index (χ0n) is 11.7. The Kier molecular flexibility index (Phi) is 5.09. The lowest BCUT2D eigenvalue weighted by atomic mass is 10.1. The SMILES string of the molecule is O=c1cc(C(F)(F)F)ncn1-c1c(Cl)cc(C(F)(F)F)cc1NC=S. The molecule has 134 valence electrons. The van der Waals surface area contributed by atoms with E-state index in [2.05, 4.69) is 22.5 Å². The highest BCUT2D eigenvalue weighted by atomic mass is 35.5. The normalized spacial score (nSPS) is 12.1. The predicted octanol–water partition coefficient (Wildman–Crippen LogP) is 4.29. The van der Waals surface area contributed by atoms with Crippen molar-refractivity contribution in [2.75, 3.05) is 5.32 Å². The summed E-state index contributed by atoms with van der Waals surface area (Å²) < 4.78 is 76.9. The molecule has 0 amide bonds. The summed E-state index contributed by atoms with van der Waals surface area (Å²) in [6, 6.07) is 1.36. The number of nitrogens with zero attached hydrogens (tertiary/aromatic N) is 2. The van der Waals surface area contributed by atoms with E-state index in [-0.39, 0.29) is 17.4 Å². The fourth-order valence-electron chi connectivity index (χ4n) is 1.90. The van der Waals surface area contributed by atoms with Crippen LogP contribution in [-0.2, 0) is 12.4 Å². The van der Waals surface area contributed by atoms with E-state index in [1.165, 1.54) is 0 Å². The van der Waals surface area contributed by atoms with Crippen molar-refractivity contribution < 1.29 is 26.3 Å². The van der Waals surface area contributed by atoms with Gasteiger partial charge in [-0.15, -0.1) is 0 Å². The van der Waals surface area contributed by atoms with Crippen LogP contribution in [0.3, 0.4) is 0 Å². The molecule has 1 heterocycles. The summed E-state index contributed by atoms with van der Waals surface area (Å²) in [5.41, 5.74) is -3.54. The largest absolute Gasteiger partial charge is 0.433 e. The molecule has 0 unspecified atom stereocenters. The number of thiocarbonyl (C=S) groups is 1. The average molecular weight is 402 g/mol. The van der Waals surface area contributed by atoms with Crippen LogP contribution < -0.4 is 10.9 Å². The number of hydrogen-bond acceptors (Lipinski definition) is 3. The second kappa shape index (κ2) is 6.64. The van der Waals surface area contributed by atoms with E-state index in [0.717, 1.165) is 5.49 Å². The standard InChI is InChI=1S/C13H6ClF6N3OS/c14-7-1-6(12(15,16)17)2-8(22-5-25)11(7)23-4-21-9(3-10(23)24)13(18,19)20/h1-5H,(H,22,25). The molecule has 0 aliphatic heterocycles. The molecule has 2 aromatic rings. The first-order chi connectivity index (χ1) is 11.4. The number of rotatable bonds is 3. The predicted molar refractivity (Wildman–Crippen MR) is 82.1 cm³/mol. The number of alkyl halides is 6. The van der Waals surface area contributed by atoms with Crippen LogP contribution in [0.25, 0.3) is 5.69 Å². The second-order valence-electron chi connectivity index (χ2n) is 4.59. The van der Waals surface area contributed by atoms with Crippen LogP contribution in [0.1, 0.15) is 11.3 Å². The van der Waals surface area contributed by atoms with Crippen LogP contribution >= 0.6 is 23.8 Å². The molecule has 2 rings (SSSR count). The van der Waals surface area contributed by atoms with E-state index in [0.29, 0.717) is 23.0 Å². The Morgan fingerprint density at radius 1 is 1.12 bits per heavy atom. The lowest BCUT2D eigenvalue weighted by Crippen LogP contribution is -2.23. The quantitative estimate of drug-likeness (QED) is 0.615. The van der Waals surface area contributed by atoms with Crippen molar-refractivity contribution in [1.29, 1.82) is 0 Å². The summed E-state index contributed by atoms with van der Waals surface area (Å²) in [7, 11) is 0.